The van der Waals surface area contributed by atoms with Gasteiger partial charge in [0.05, 0.1) is 19.5 Å². The molecular formula is C9H14N4O. The van der Waals surface area contributed by atoms with Crippen molar-refractivity contribution in [3.8, 4) is 5.88 Å². The molecule has 0 spiro atoms. The first-order valence-electron chi connectivity index (χ1n) is 4.66. The predicted octanol–water partition coefficient (Wildman–Crippen LogP) is 0.387. The number of nitrogens with two attached hydrogens (primary N) is 1. The Bertz CT molecular complexity index is 311. The average Bonchev–Trinajstić information content (AvgIpc) is 2.16. The summed E-state index contributed by atoms with van der Waals surface area (Å²) in [6.45, 7) is 0. The van der Waals surface area contributed by atoms with E-state index in [9.17, 15) is 0 Å². The summed E-state index contributed by atoms with van der Waals surface area (Å²) in [4.78, 5) is 8.21. The second kappa shape index (κ2) is 3.79. The number of aromatic nitrogens is 2. The number of nitrogens with one attached hydrogen (secondary N) is 1. The molecule has 0 saturated heterocycles. The molecule has 0 unspecified atom stereocenters. The monoisotopic (exact) mass is 194 g/mol. The number of ether oxygens (including phenoxy) is 1. The van der Waals surface area contributed by atoms with E-state index < -0.39 is 0 Å². The Kier molecular flexibility index (Phi) is 2.49. The van der Waals surface area contributed by atoms with E-state index in [1.54, 1.807) is 19.5 Å². The third-order valence-electron chi connectivity index (χ3n) is 2.35. The van der Waals surface area contributed by atoms with E-state index in [-0.39, 0.29) is 0 Å². The zero-order valence-electron chi connectivity index (χ0n) is 8.10. The molecule has 0 radical (unpaired) electrons. The van der Waals surface area contributed by atoms with Crippen LogP contribution in [0.3, 0.4) is 0 Å². The zero-order chi connectivity index (χ0) is 9.97. The van der Waals surface area contributed by atoms with Gasteiger partial charge in [0.2, 0.25) is 5.88 Å². The number of methoxy groups -OCH3 is 1. The maximum absolute atomic E-state index is 5.68. The Morgan fingerprint density at radius 1 is 1.50 bits per heavy atom. The summed E-state index contributed by atoms with van der Waals surface area (Å²) in [5.74, 6) is 1.28. The molecule has 1 fully saturated rings. The molecule has 1 aliphatic rings. The van der Waals surface area contributed by atoms with Crippen molar-refractivity contribution < 1.29 is 4.74 Å². The van der Waals surface area contributed by atoms with Gasteiger partial charge in [0, 0.05) is 12.1 Å². The van der Waals surface area contributed by atoms with E-state index in [1.807, 2.05) is 0 Å². The van der Waals surface area contributed by atoms with Crippen LogP contribution in [0.5, 0.6) is 5.88 Å². The van der Waals surface area contributed by atoms with Crippen LogP contribution in [0.2, 0.25) is 0 Å². The minimum Gasteiger partial charge on any atom is -0.480 e. The maximum atomic E-state index is 5.68. The summed E-state index contributed by atoms with van der Waals surface area (Å²) in [7, 11) is 1.58. The molecule has 2 rings (SSSR count). The molecule has 1 aliphatic carbocycles. The molecule has 0 aliphatic heterocycles. The molecule has 0 bridgehead atoms. The predicted molar refractivity (Wildman–Crippen MR) is 53.2 cm³/mol. The molecule has 1 heterocycles. The van der Waals surface area contributed by atoms with Gasteiger partial charge >= 0.3 is 0 Å². The lowest BCUT2D eigenvalue weighted by atomic mass is 9.88. The number of rotatable bonds is 3. The lowest BCUT2D eigenvalue weighted by Crippen LogP contribution is -2.44. The van der Waals surface area contributed by atoms with Gasteiger partial charge in [-0.2, -0.15) is 4.98 Å². The van der Waals surface area contributed by atoms with Crippen LogP contribution in [0.1, 0.15) is 12.8 Å². The van der Waals surface area contributed by atoms with E-state index in [2.05, 4.69) is 15.3 Å². The molecule has 0 aromatic carbocycles. The van der Waals surface area contributed by atoms with Crippen molar-refractivity contribution in [1.82, 2.24) is 9.97 Å². The summed E-state index contributed by atoms with van der Waals surface area (Å²) >= 11 is 0. The molecule has 5 heteroatoms. The molecule has 3 N–H and O–H groups in total. The lowest BCUT2D eigenvalue weighted by molar-refractivity contribution is 0.370. The molecular weight excluding hydrogens is 180 g/mol. The van der Waals surface area contributed by atoms with Gasteiger partial charge in [0.1, 0.15) is 5.82 Å². The van der Waals surface area contributed by atoms with Crippen molar-refractivity contribution in [2.24, 2.45) is 5.73 Å². The van der Waals surface area contributed by atoms with Gasteiger partial charge in [0.15, 0.2) is 0 Å². The van der Waals surface area contributed by atoms with Gasteiger partial charge < -0.3 is 15.8 Å². The second-order valence-corrected chi connectivity index (χ2v) is 3.52. The van der Waals surface area contributed by atoms with Crippen molar-refractivity contribution in [2.75, 3.05) is 12.4 Å². The number of hydrogen-bond donors (Lipinski definition) is 2. The van der Waals surface area contributed by atoms with Gasteiger partial charge in [-0.15, -0.1) is 0 Å². The van der Waals surface area contributed by atoms with E-state index in [1.165, 1.54) is 0 Å². The van der Waals surface area contributed by atoms with Crippen molar-refractivity contribution in [1.29, 1.82) is 0 Å². The Morgan fingerprint density at radius 2 is 2.29 bits per heavy atom. The Morgan fingerprint density at radius 3 is 2.93 bits per heavy atom. The Labute approximate surface area is 82.7 Å². The topological polar surface area (TPSA) is 73.1 Å². The normalized spacial score (nSPS) is 25.3. The fourth-order valence-electron chi connectivity index (χ4n) is 1.50. The minimum absolute atomic E-state index is 0.339. The molecule has 14 heavy (non-hydrogen) atoms. The fourth-order valence-corrected chi connectivity index (χ4v) is 1.50. The lowest BCUT2D eigenvalue weighted by Gasteiger charge is -2.33. The van der Waals surface area contributed by atoms with Crippen LogP contribution in [0, 0.1) is 0 Å². The highest BCUT2D eigenvalue weighted by Crippen LogP contribution is 2.21. The first-order chi connectivity index (χ1) is 6.78. The van der Waals surface area contributed by atoms with Crippen LogP contribution < -0.4 is 15.8 Å². The summed E-state index contributed by atoms with van der Waals surface area (Å²) in [5.41, 5.74) is 5.68. The SMILES string of the molecule is COc1cncc(NC2CC(N)C2)n1. The summed E-state index contributed by atoms with van der Waals surface area (Å²) in [6, 6.07) is 0.775. The minimum atomic E-state index is 0.339. The third-order valence-corrected chi connectivity index (χ3v) is 2.35. The summed E-state index contributed by atoms with van der Waals surface area (Å²) in [5, 5.41) is 3.25. The first-order valence-corrected chi connectivity index (χ1v) is 4.66. The number of nitrogens with zero attached hydrogens (tertiary/aromatic N) is 2. The first kappa shape index (κ1) is 9.21. The highest BCUT2D eigenvalue weighted by molar-refractivity contribution is 5.35. The van der Waals surface area contributed by atoms with Gasteiger partial charge in [-0.3, -0.25) is 4.98 Å². The molecule has 0 atom stereocenters. The van der Waals surface area contributed by atoms with E-state index in [0.29, 0.717) is 18.0 Å². The van der Waals surface area contributed by atoms with Crippen molar-refractivity contribution >= 4 is 5.82 Å². The number of hydrogen-bond acceptors (Lipinski definition) is 5. The highest BCUT2D eigenvalue weighted by atomic mass is 16.5. The molecule has 0 amide bonds. The van der Waals surface area contributed by atoms with Crippen LogP contribution in [0.15, 0.2) is 12.4 Å². The summed E-state index contributed by atoms with van der Waals surface area (Å²) < 4.78 is 4.97. The standard InChI is InChI=1S/C9H14N4O/c1-14-9-5-11-4-8(13-9)12-7-2-6(10)3-7/h4-7H,2-3,10H2,1H3,(H,12,13). The molecule has 1 aromatic rings. The van der Waals surface area contributed by atoms with E-state index >= 15 is 0 Å². The van der Waals surface area contributed by atoms with Crippen molar-refractivity contribution in [3.05, 3.63) is 12.4 Å². The van der Waals surface area contributed by atoms with Crippen molar-refractivity contribution in [2.45, 2.75) is 24.9 Å². The van der Waals surface area contributed by atoms with Crippen molar-refractivity contribution in [3.63, 3.8) is 0 Å². The highest BCUT2D eigenvalue weighted by Gasteiger charge is 2.25. The third kappa shape index (κ3) is 1.93. The average molecular weight is 194 g/mol. The number of anilines is 1. The Balaban J connectivity index is 1.95. The largest absolute Gasteiger partial charge is 0.480 e. The van der Waals surface area contributed by atoms with Gasteiger partial charge in [-0.1, -0.05) is 0 Å². The van der Waals surface area contributed by atoms with Gasteiger partial charge in [-0.25, -0.2) is 0 Å². The van der Waals surface area contributed by atoms with Crippen LogP contribution in [-0.4, -0.2) is 29.2 Å². The summed E-state index contributed by atoms with van der Waals surface area (Å²) in [6.07, 6.45) is 5.27. The van der Waals surface area contributed by atoms with E-state index in [4.69, 9.17) is 10.5 Å². The van der Waals surface area contributed by atoms with Gasteiger partial charge in [0.25, 0.3) is 0 Å². The zero-order valence-corrected chi connectivity index (χ0v) is 8.10. The molecule has 1 saturated carbocycles. The van der Waals surface area contributed by atoms with E-state index in [0.717, 1.165) is 18.7 Å². The Hall–Kier alpha value is -1.36. The second-order valence-electron chi connectivity index (χ2n) is 3.52. The maximum Gasteiger partial charge on any atom is 0.233 e. The quantitative estimate of drug-likeness (QED) is 0.728. The van der Waals surface area contributed by atoms with Gasteiger partial charge in [-0.05, 0) is 12.8 Å². The molecule has 76 valence electrons. The fraction of sp³-hybridized carbons (Fsp3) is 0.556. The van der Waals surface area contributed by atoms with Crippen LogP contribution in [0.4, 0.5) is 5.82 Å². The molecule has 1 aromatic heterocycles. The van der Waals surface area contributed by atoms with Crippen LogP contribution >= 0.6 is 0 Å². The molecule has 5 nitrogen and oxygen atoms in total. The smallest absolute Gasteiger partial charge is 0.233 e. The van der Waals surface area contributed by atoms with Crippen LogP contribution in [0.25, 0.3) is 0 Å². The van der Waals surface area contributed by atoms with Crippen LogP contribution in [-0.2, 0) is 0 Å².